The fourth-order valence-corrected chi connectivity index (χ4v) is 2.28. The summed E-state index contributed by atoms with van der Waals surface area (Å²) < 4.78 is 5.37. The van der Waals surface area contributed by atoms with Crippen LogP contribution in [0.5, 0.6) is 0 Å². The summed E-state index contributed by atoms with van der Waals surface area (Å²) in [5.74, 6) is 0. The maximum absolute atomic E-state index is 5.37. The molecule has 3 rings (SSSR count). The summed E-state index contributed by atoms with van der Waals surface area (Å²) in [6.07, 6.45) is 3.78. The molecule has 0 unspecified atom stereocenters. The molecule has 0 radical (unpaired) electrons. The number of ether oxygens (including phenoxy) is 1. The van der Waals surface area contributed by atoms with Gasteiger partial charge in [0.05, 0.1) is 19.4 Å². The van der Waals surface area contributed by atoms with Gasteiger partial charge < -0.3 is 4.74 Å². The monoisotopic (exact) mass is 243 g/mol. The van der Waals surface area contributed by atoms with E-state index >= 15 is 0 Å². The second-order valence-corrected chi connectivity index (χ2v) is 4.58. The van der Waals surface area contributed by atoms with Gasteiger partial charge in [0.15, 0.2) is 0 Å². The molecule has 1 aliphatic rings. The third-order valence-electron chi connectivity index (χ3n) is 3.27. The van der Waals surface area contributed by atoms with Gasteiger partial charge in [-0.1, -0.05) is 18.2 Å². The quantitative estimate of drug-likeness (QED) is 0.895. The van der Waals surface area contributed by atoms with Crippen molar-refractivity contribution in [3.63, 3.8) is 0 Å². The highest BCUT2D eigenvalue weighted by molar-refractivity contribution is 5.62. The van der Waals surface area contributed by atoms with E-state index in [-0.39, 0.29) is 0 Å². The Bertz CT molecular complexity index is 490. The lowest BCUT2D eigenvalue weighted by molar-refractivity contribution is 0.0342. The predicted molar refractivity (Wildman–Crippen MR) is 70.1 cm³/mol. The third-order valence-corrected chi connectivity index (χ3v) is 3.27. The maximum Gasteiger partial charge on any atom is 0.0594 e. The van der Waals surface area contributed by atoms with Gasteiger partial charge in [-0.15, -0.1) is 0 Å². The Hall–Kier alpha value is -1.65. The first-order chi connectivity index (χ1) is 8.92. The number of H-pyrrole nitrogens is 1. The standard InChI is InChI=1S/C14H17N3O/c1-2-12(11-17-4-6-18-7-5-17)8-13(3-1)14-9-15-16-10-14/h1-3,8-10H,4-7,11H2,(H,15,16). The van der Waals surface area contributed by atoms with Crippen LogP contribution in [0.3, 0.4) is 0 Å². The summed E-state index contributed by atoms with van der Waals surface area (Å²) in [5, 5.41) is 6.84. The van der Waals surface area contributed by atoms with Crippen LogP contribution in [0.4, 0.5) is 0 Å². The van der Waals surface area contributed by atoms with Gasteiger partial charge in [-0.3, -0.25) is 10.00 Å². The molecular formula is C14H17N3O. The minimum absolute atomic E-state index is 0.849. The van der Waals surface area contributed by atoms with Crippen molar-refractivity contribution in [2.45, 2.75) is 6.54 Å². The van der Waals surface area contributed by atoms with E-state index < -0.39 is 0 Å². The van der Waals surface area contributed by atoms with Crippen molar-refractivity contribution in [1.29, 1.82) is 0 Å². The summed E-state index contributed by atoms with van der Waals surface area (Å²) in [6.45, 7) is 4.74. The highest BCUT2D eigenvalue weighted by Crippen LogP contribution is 2.19. The molecule has 1 aliphatic heterocycles. The van der Waals surface area contributed by atoms with Crippen LogP contribution >= 0.6 is 0 Å². The van der Waals surface area contributed by atoms with Gasteiger partial charge in [0.25, 0.3) is 0 Å². The Labute approximate surface area is 107 Å². The number of hydrogen-bond donors (Lipinski definition) is 1. The van der Waals surface area contributed by atoms with E-state index in [0.29, 0.717) is 0 Å². The number of hydrogen-bond acceptors (Lipinski definition) is 3. The molecule has 4 nitrogen and oxygen atoms in total. The molecule has 0 aliphatic carbocycles. The fraction of sp³-hybridized carbons (Fsp3) is 0.357. The van der Waals surface area contributed by atoms with Crippen molar-refractivity contribution in [1.82, 2.24) is 15.1 Å². The summed E-state index contributed by atoms with van der Waals surface area (Å²) in [6, 6.07) is 8.64. The van der Waals surface area contributed by atoms with Crippen LogP contribution in [0, 0.1) is 0 Å². The lowest BCUT2D eigenvalue weighted by Gasteiger charge is -2.26. The van der Waals surface area contributed by atoms with Crippen LogP contribution in [-0.4, -0.2) is 41.4 Å². The third kappa shape index (κ3) is 2.60. The van der Waals surface area contributed by atoms with Crippen molar-refractivity contribution in [2.24, 2.45) is 0 Å². The Morgan fingerprint density at radius 3 is 2.89 bits per heavy atom. The molecule has 4 heteroatoms. The molecule has 0 bridgehead atoms. The molecule has 1 saturated heterocycles. The molecule has 94 valence electrons. The normalized spacial score (nSPS) is 16.9. The fourth-order valence-electron chi connectivity index (χ4n) is 2.28. The minimum atomic E-state index is 0.849. The first-order valence-electron chi connectivity index (χ1n) is 6.30. The molecule has 2 aromatic rings. The molecule has 18 heavy (non-hydrogen) atoms. The topological polar surface area (TPSA) is 41.1 Å². The number of nitrogens with zero attached hydrogens (tertiary/aromatic N) is 2. The summed E-state index contributed by atoms with van der Waals surface area (Å²) in [4.78, 5) is 2.43. The zero-order chi connectivity index (χ0) is 12.2. The molecular weight excluding hydrogens is 226 g/mol. The average Bonchev–Trinajstić information content (AvgIpc) is 2.94. The van der Waals surface area contributed by atoms with Crippen LogP contribution in [0.25, 0.3) is 11.1 Å². The molecule has 0 amide bonds. The van der Waals surface area contributed by atoms with Gasteiger partial charge in [-0.05, 0) is 17.2 Å². The van der Waals surface area contributed by atoms with Crippen LogP contribution in [0.1, 0.15) is 5.56 Å². The van der Waals surface area contributed by atoms with E-state index in [4.69, 9.17) is 4.74 Å². The molecule has 1 aromatic heterocycles. The van der Waals surface area contributed by atoms with Crippen molar-refractivity contribution in [3.8, 4) is 11.1 Å². The number of nitrogens with one attached hydrogen (secondary N) is 1. The Morgan fingerprint density at radius 2 is 2.11 bits per heavy atom. The van der Waals surface area contributed by atoms with Crippen LogP contribution in [0.15, 0.2) is 36.7 Å². The molecule has 0 spiro atoms. The summed E-state index contributed by atoms with van der Waals surface area (Å²) in [5.41, 5.74) is 3.70. The number of morpholine rings is 1. The molecule has 0 saturated carbocycles. The lowest BCUT2D eigenvalue weighted by Crippen LogP contribution is -2.35. The first kappa shape index (κ1) is 11.4. The Morgan fingerprint density at radius 1 is 1.22 bits per heavy atom. The largest absolute Gasteiger partial charge is 0.379 e. The van der Waals surface area contributed by atoms with Crippen LogP contribution < -0.4 is 0 Å². The van der Waals surface area contributed by atoms with E-state index in [1.807, 2.05) is 12.4 Å². The average molecular weight is 243 g/mol. The SMILES string of the molecule is c1cc(CN2CCOCC2)cc(-c2cn[nH]c2)c1. The number of aromatic nitrogens is 2. The molecule has 1 fully saturated rings. The predicted octanol–water partition coefficient (Wildman–Crippen LogP) is 1.91. The van der Waals surface area contributed by atoms with E-state index in [1.165, 1.54) is 11.1 Å². The smallest absolute Gasteiger partial charge is 0.0594 e. The second-order valence-electron chi connectivity index (χ2n) is 4.58. The molecule has 0 atom stereocenters. The highest BCUT2D eigenvalue weighted by atomic mass is 16.5. The lowest BCUT2D eigenvalue weighted by atomic mass is 10.1. The molecule has 1 aromatic carbocycles. The van der Waals surface area contributed by atoms with E-state index in [0.717, 1.165) is 38.4 Å². The van der Waals surface area contributed by atoms with Crippen LogP contribution in [0.2, 0.25) is 0 Å². The number of rotatable bonds is 3. The van der Waals surface area contributed by atoms with Crippen molar-refractivity contribution in [3.05, 3.63) is 42.2 Å². The van der Waals surface area contributed by atoms with Crippen molar-refractivity contribution < 1.29 is 4.74 Å². The van der Waals surface area contributed by atoms with Crippen LogP contribution in [-0.2, 0) is 11.3 Å². The van der Waals surface area contributed by atoms with Gasteiger partial charge >= 0.3 is 0 Å². The summed E-state index contributed by atoms with van der Waals surface area (Å²) in [7, 11) is 0. The van der Waals surface area contributed by atoms with E-state index in [9.17, 15) is 0 Å². The van der Waals surface area contributed by atoms with Gasteiger partial charge in [0, 0.05) is 31.4 Å². The van der Waals surface area contributed by atoms with Gasteiger partial charge in [-0.25, -0.2) is 0 Å². The van der Waals surface area contributed by atoms with Gasteiger partial charge in [0.2, 0.25) is 0 Å². The van der Waals surface area contributed by atoms with Crippen molar-refractivity contribution >= 4 is 0 Å². The number of aromatic amines is 1. The van der Waals surface area contributed by atoms with Gasteiger partial charge in [-0.2, -0.15) is 5.10 Å². The highest BCUT2D eigenvalue weighted by Gasteiger charge is 2.10. The Balaban J connectivity index is 1.74. The molecule has 2 heterocycles. The van der Waals surface area contributed by atoms with E-state index in [1.54, 1.807) is 0 Å². The number of benzene rings is 1. The Kier molecular flexibility index (Phi) is 3.39. The first-order valence-corrected chi connectivity index (χ1v) is 6.30. The zero-order valence-electron chi connectivity index (χ0n) is 10.3. The van der Waals surface area contributed by atoms with Gasteiger partial charge in [0.1, 0.15) is 0 Å². The zero-order valence-corrected chi connectivity index (χ0v) is 10.3. The maximum atomic E-state index is 5.37. The van der Waals surface area contributed by atoms with Crippen molar-refractivity contribution in [2.75, 3.05) is 26.3 Å². The minimum Gasteiger partial charge on any atom is -0.379 e. The molecule has 1 N–H and O–H groups in total. The van der Waals surface area contributed by atoms with E-state index in [2.05, 4.69) is 39.4 Å². The summed E-state index contributed by atoms with van der Waals surface area (Å²) >= 11 is 0. The second kappa shape index (κ2) is 5.33.